The van der Waals surface area contributed by atoms with E-state index in [4.69, 9.17) is 11.5 Å². The first kappa shape index (κ1) is 14.0. The van der Waals surface area contributed by atoms with Crippen LogP contribution in [0.4, 0.5) is 11.9 Å². The van der Waals surface area contributed by atoms with Gasteiger partial charge in [-0.3, -0.25) is 0 Å². The van der Waals surface area contributed by atoms with Crippen LogP contribution < -0.4 is 22.1 Å². The molecular weight excluding hydrogens is 260 g/mol. The number of rotatable bonds is 7. The molecule has 0 aliphatic heterocycles. The van der Waals surface area contributed by atoms with Crippen LogP contribution in [0.1, 0.15) is 0 Å². The summed E-state index contributed by atoms with van der Waals surface area (Å²) in [6.45, 7) is 2.10. The van der Waals surface area contributed by atoms with Crippen molar-refractivity contribution in [1.29, 1.82) is 0 Å². The zero-order valence-electron chi connectivity index (χ0n) is 10.8. The van der Waals surface area contributed by atoms with E-state index in [0.717, 1.165) is 0 Å². The second-order valence-corrected chi connectivity index (χ2v) is 3.76. The molecule has 0 radical (unpaired) electrons. The quantitative estimate of drug-likeness (QED) is 0.468. The van der Waals surface area contributed by atoms with Gasteiger partial charge >= 0.3 is 0 Å². The minimum atomic E-state index is 0.392. The Morgan fingerprint density at radius 1 is 0.800 bits per heavy atom. The molecule has 0 aromatic carbocycles. The fourth-order valence-corrected chi connectivity index (χ4v) is 1.37. The van der Waals surface area contributed by atoms with Crippen LogP contribution in [0.3, 0.4) is 0 Å². The van der Waals surface area contributed by atoms with Crippen molar-refractivity contribution in [3.63, 3.8) is 0 Å². The molecule has 0 atom stereocenters. The molecule has 6 N–H and O–H groups in total. The molecule has 0 unspecified atom stereocenters. The van der Waals surface area contributed by atoms with Gasteiger partial charge in [-0.25, -0.2) is 9.97 Å². The molecule has 2 heterocycles. The summed E-state index contributed by atoms with van der Waals surface area (Å²) in [5.41, 5.74) is 11.9. The average molecular weight is 276 g/mol. The standard InChI is InChI=1S/C10H16N10/c11-1-3-13-9-17-7(5-15-19-9)8-6-16-20-10(18-8)14-4-2-12/h5-6H,1-4,11-12H2,(H,13,17,19)(H,14,18,20). The van der Waals surface area contributed by atoms with Crippen LogP contribution in [0.5, 0.6) is 0 Å². The molecule has 0 amide bonds. The van der Waals surface area contributed by atoms with E-state index in [9.17, 15) is 0 Å². The minimum Gasteiger partial charge on any atom is -0.352 e. The molecule has 2 aromatic rings. The number of anilines is 2. The number of hydrogen-bond acceptors (Lipinski definition) is 10. The first-order chi connectivity index (χ1) is 9.83. The third-order valence-corrected chi connectivity index (χ3v) is 2.23. The Balaban J connectivity index is 2.17. The molecule has 10 nitrogen and oxygen atoms in total. The van der Waals surface area contributed by atoms with Crippen molar-refractivity contribution in [3.8, 4) is 11.4 Å². The summed E-state index contributed by atoms with van der Waals surface area (Å²) >= 11 is 0. The van der Waals surface area contributed by atoms with E-state index in [1.54, 1.807) is 0 Å². The molecule has 2 rings (SSSR count). The Labute approximate surface area is 115 Å². The van der Waals surface area contributed by atoms with Crippen LogP contribution in [0.2, 0.25) is 0 Å². The molecular formula is C10H16N10. The lowest BCUT2D eigenvalue weighted by Crippen LogP contribution is -2.16. The molecule has 0 saturated carbocycles. The van der Waals surface area contributed by atoms with Gasteiger partial charge in [-0.15, -0.1) is 10.2 Å². The maximum Gasteiger partial charge on any atom is 0.243 e. The van der Waals surface area contributed by atoms with Crippen molar-refractivity contribution in [1.82, 2.24) is 30.4 Å². The Kier molecular flexibility index (Phi) is 5.03. The molecule has 20 heavy (non-hydrogen) atoms. The first-order valence-corrected chi connectivity index (χ1v) is 6.11. The first-order valence-electron chi connectivity index (χ1n) is 6.11. The van der Waals surface area contributed by atoms with E-state index >= 15 is 0 Å². The summed E-state index contributed by atoms with van der Waals surface area (Å²) in [6, 6.07) is 0. The highest BCUT2D eigenvalue weighted by Gasteiger charge is 2.07. The van der Waals surface area contributed by atoms with Crippen molar-refractivity contribution in [2.45, 2.75) is 0 Å². The lowest BCUT2D eigenvalue weighted by molar-refractivity contribution is 0.913. The van der Waals surface area contributed by atoms with Gasteiger partial charge in [0, 0.05) is 26.2 Å². The number of hydrogen-bond donors (Lipinski definition) is 4. The number of nitrogens with two attached hydrogens (primary N) is 2. The average Bonchev–Trinajstić information content (AvgIpc) is 2.51. The fourth-order valence-electron chi connectivity index (χ4n) is 1.37. The number of nitrogens with zero attached hydrogens (tertiary/aromatic N) is 6. The van der Waals surface area contributed by atoms with Crippen LogP contribution in [-0.2, 0) is 0 Å². The molecule has 106 valence electrons. The molecule has 0 bridgehead atoms. The van der Waals surface area contributed by atoms with Gasteiger partial charge in [0.25, 0.3) is 0 Å². The topological polar surface area (TPSA) is 153 Å². The predicted molar refractivity (Wildman–Crippen MR) is 73.7 cm³/mol. The van der Waals surface area contributed by atoms with E-state index in [0.29, 0.717) is 49.5 Å². The molecule has 0 saturated heterocycles. The highest BCUT2D eigenvalue weighted by atomic mass is 15.3. The lowest BCUT2D eigenvalue weighted by atomic mass is 10.3. The third kappa shape index (κ3) is 3.76. The van der Waals surface area contributed by atoms with Gasteiger partial charge in [0.1, 0.15) is 11.4 Å². The van der Waals surface area contributed by atoms with Crippen molar-refractivity contribution >= 4 is 11.9 Å². The van der Waals surface area contributed by atoms with E-state index in [1.807, 2.05) is 0 Å². The summed E-state index contributed by atoms with van der Waals surface area (Å²) in [6.07, 6.45) is 3.01. The van der Waals surface area contributed by atoms with Gasteiger partial charge in [0.2, 0.25) is 11.9 Å². The van der Waals surface area contributed by atoms with Crippen molar-refractivity contribution in [3.05, 3.63) is 12.4 Å². The monoisotopic (exact) mass is 276 g/mol. The zero-order chi connectivity index (χ0) is 14.2. The van der Waals surface area contributed by atoms with Crippen LogP contribution in [0.25, 0.3) is 11.4 Å². The summed E-state index contributed by atoms with van der Waals surface area (Å²) in [5, 5.41) is 21.3. The van der Waals surface area contributed by atoms with E-state index in [-0.39, 0.29) is 0 Å². The largest absolute Gasteiger partial charge is 0.352 e. The van der Waals surface area contributed by atoms with E-state index in [2.05, 4.69) is 41.0 Å². The molecule has 0 aliphatic carbocycles. The molecule has 10 heteroatoms. The Morgan fingerprint density at radius 2 is 1.25 bits per heavy atom. The van der Waals surface area contributed by atoms with Crippen molar-refractivity contribution in [2.24, 2.45) is 11.5 Å². The van der Waals surface area contributed by atoms with Gasteiger partial charge < -0.3 is 22.1 Å². The Morgan fingerprint density at radius 3 is 1.65 bits per heavy atom. The maximum atomic E-state index is 5.40. The molecule has 0 spiro atoms. The summed E-state index contributed by atoms with van der Waals surface area (Å²) in [5.74, 6) is 0.783. The van der Waals surface area contributed by atoms with Crippen molar-refractivity contribution in [2.75, 3.05) is 36.8 Å². The molecule has 0 fully saturated rings. The summed E-state index contributed by atoms with van der Waals surface area (Å²) in [7, 11) is 0. The predicted octanol–water partition coefficient (Wildman–Crippen LogP) is -1.54. The van der Waals surface area contributed by atoms with Gasteiger partial charge in [-0.05, 0) is 0 Å². The van der Waals surface area contributed by atoms with Gasteiger partial charge in [0.15, 0.2) is 0 Å². The number of aromatic nitrogens is 6. The zero-order valence-corrected chi connectivity index (χ0v) is 10.8. The second kappa shape index (κ2) is 7.21. The lowest BCUT2D eigenvalue weighted by Gasteiger charge is -2.05. The Bertz CT molecular complexity index is 496. The summed E-state index contributed by atoms with van der Waals surface area (Å²) < 4.78 is 0. The Hall–Kier alpha value is -2.46. The smallest absolute Gasteiger partial charge is 0.243 e. The fraction of sp³-hybridized carbons (Fsp3) is 0.400. The van der Waals surface area contributed by atoms with Crippen LogP contribution in [0.15, 0.2) is 12.4 Å². The van der Waals surface area contributed by atoms with E-state index < -0.39 is 0 Å². The summed E-state index contributed by atoms with van der Waals surface area (Å²) in [4.78, 5) is 8.56. The van der Waals surface area contributed by atoms with Crippen LogP contribution >= 0.6 is 0 Å². The SMILES string of the molecule is NCCNc1nncc(-c2cnnc(NCCN)n2)n1. The normalized spacial score (nSPS) is 10.3. The highest BCUT2D eigenvalue weighted by molar-refractivity contribution is 5.54. The minimum absolute atomic E-state index is 0.392. The molecule has 0 aliphatic rings. The highest BCUT2D eigenvalue weighted by Crippen LogP contribution is 2.13. The third-order valence-electron chi connectivity index (χ3n) is 2.23. The molecule has 2 aromatic heterocycles. The second-order valence-electron chi connectivity index (χ2n) is 3.76. The van der Waals surface area contributed by atoms with Gasteiger partial charge in [-0.2, -0.15) is 10.2 Å². The maximum absolute atomic E-state index is 5.40. The van der Waals surface area contributed by atoms with Gasteiger partial charge in [-0.1, -0.05) is 0 Å². The van der Waals surface area contributed by atoms with Crippen LogP contribution in [0, 0.1) is 0 Å². The number of nitrogens with one attached hydrogen (secondary N) is 2. The van der Waals surface area contributed by atoms with Gasteiger partial charge in [0.05, 0.1) is 12.4 Å². The van der Waals surface area contributed by atoms with Crippen LogP contribution in [-0.4, -0.2) is 56.5 Å². The van der Waals surface area contributed by atoms with Crippen molar-refractivity contribution < 1.29 is 0 Å². The van der Waals surface area contributed by atoms with E-state index in [1.165, 1.54) is 12.4 Å².